The molecular weight excluding hydrogens is 223 g/mol. The molecule has 0 aliphatic carbocycles. The molecule has 0 saturated carbocycles. The van der Waals surface area contributed by atoms with Crippen molar-refractivity contribution in [2.45, 2.75) is 6.23 Å². The second-order valence-corrected chi connectivity index (χ2v) is 4.06. The summed E-state index contributed by atoms with van der Waals surface area (Å²) in [5, 5.41) is 10.6. The van der Waals surface area contributed by atoms with Gasteiger partial charge >= 0.3 is 14.0 Å². The van der Waals surface area contributed by atoms with E-state index in [0.29, 0.717) is 0 Å². The summed E-state index contributed by atoms with van der Waals surface area (Å²) in [6, 6.07) is 7.57. The molecular formula is C7H9N2O5P. The minimum absolute atomic E-state index is 0.155. The summed E-state index contributed by atoms with van der Waals surface area (Å²) in [5.41, 5.74) is 4.85. The van der Waals surface area contributed by atoms with Gasteiger partial charge in [-0.1, -0.05) is 18.2 Å². The molecule has 0 bridgehead atoms. The average molecular weight is 232 g/mol. The highest BCUT2D eigenvalue weighted by Gasteiger charge is 2.30. The monoisotopic (exact) mass is 232 g/mol. The van der Waals surface area contributed by atoms with Crippen LogP contribution in [0.1, 0.15) is 11.8 Å². The van der Waals surface area contributed by atoms with E-state index in [1.54, 1.807) is 18.2 Å². The van der Waals surface area contributed by atoms with E-state index in [1.165, 1.54) is 12.1 Å². The van der Waals surface area contributed by atoms with Gasteiger partial charge in [0.1, 0.15) is 0 Å². The number of nitro groups is 1. The molecule has 0 radical (unpaired) electrons. The maximum Gasteiger partial charge on any atom is 0.405 e. The molecule has 0 aliphatic heterocycles. The first-order valence-corrected chi connectivity index (χ1v) is 5.53. The van der Waals surface area contributed by atoms with Crippen LogP contribution in [-0.2, 0) is 9.09 Å². The lowest BCUT2D eigenvalue weighted by Gasteiger charge is -2.11. The van der Waals surface area contributed by atoms with Gasteiger partial charge in [0.15, 0.2) is 0 Å². The molecule has 2 atom stereocenters. The first-order chi connectivity index (χ1) is 6.90. The smallest absolute Gasteiger partial charge is 0.312 e. The van der Waals surface area contributed by atoms with Crippen molar-refractivity contribution in [2.24, 2.45) is 5.50 Å². The molecule has 2 unspecified atom stereocenters. The largest absolute Gasteiger partial charge is 0.405 e. The molecule has 0 saturated heterocycles. The van der Waals surface area contributed by atoms with Gasteiger partial charge in [0.25, 0.3) is 0 Å². The predicted octanol–water partition coefficient (Wildman–Crippen LogP) is 1.04. The molecule has 0 spiro atoms. The average Bonchev–Trinajstić information content (AvgIpc) is 2.14. The molecule has 0 heterocycles. The molecule has 1 rings (SSSR count). The highest BCUT2D eigenvalue weighted by atomic mass is 31.2. The zero-order valence-electron chi connectivity index (χ0n) is 7.52. The van der Waals surface area contributed by atoms with Crippen LogP contribution in [0.4, 0.5) is 0 Å². The standard InChI is InChI=1S/C7H9N2O5P/c8-15(12,13)14-7(9(10)11)6-4-2-1-3-5-6/h1-5,7H,(H3,8,12,13). The second kappa shape index (κ2) is 4.50. The van der Waals surface area contributed by atoms with Crippen molar-refractivity contribution in [2.75, 3.05) is 0 Å². The first-order valence-electron chi connectivity index (χ1n) is 3.88. The topological polar surface area (TPSA) is 116 Å². The number of benzene rings is 1. The van der Waals surface area contributed by atoms with Crippen LogP contribution in [0.25, 0.3) is 0 Å². The van der Waals surface area contributed by atoms with Crippen molar-refractivity contribution in [3.05, 3.63) is 46.0 Å². The molecule has 1 aromatic carbocycles. The van der Waals surface area contributed by atoms with Gasteiger partial charge in [-0.2, -0.15) is 0 Å². The number of hydrogen-bond acceptors (Lipinski definition) is 4. The summed E-state index contributed by atoms with van der Waals surface area (Å²) < 4.78 is 15.0. The Morgan fingerprint density at radius 3 is 2.40 bits per heavy atom. The van der Waals surface area contributed by atoms with Crippen LogP contribution >= 0.6 is 7.75 Å². The minimum atomic E-state index is -4.38. The van der Waals surface area contributed by atoms with Crippen LogP contribution in [0.15, 0.2) is 30.3 Å². The fraction of sp³-hybridized carbons (Fsp3) is 0.143. The van der Waals surface area contributed by atoms with Crippen LogP contribution in [0.3, 0.4) is 0 Å². The molecule has 0 amide bonds. The van der Waals surface area contributed by atoms with E-state index < -0.39 is 18.9 Å². The summed E-state index contributed by atoms with van der Waals surface area (Å²) in [4.78, 5) is 18.4. The van der Waals surface area contributed by atoms with Gasteiger partial charge in [-0.05, 0) is 12.1 Å². The Morgan fingerprint density at radius 1 is 1.47 bits per heavy atom. The van der Waals surface area contributed by atoms with Crippen molar-refractivity contribution in [1.29, 1.82) is 0 Å². The van der Waals surface area contributed by atoms with Crippen LogP contribution in [0, 0.1) is 10.1 Å². The van der Waals surface area contributed by atoms with E-state index in [-0.39, 0.29) is 5.56 Å². The van der Waals surface area contributed by atoms with Crippen molar-refractivity contribution in [1.82, 2.24) is 0 Å². The van der Waals surface area contributed by atoms with Gasteiger partial charge < -0.3 is 4.89 Å². The van der Waals surface area contributed by atoms with Gasteiger partial charge in [0.2, 0.25) is 0 Å². The lowest BCUT2D eigenvalue weighted by molar-refractivity contribution is -0.571. The van der Waals surface area contributed by atoms with E-state index in [4.69, 9.17) is 10.4 Å². The maximum absolute atomic E-state index is 10.7. The van der Waals surface area contributed by atoms with E-state index in [2.05, 4.69) is 4.52 Å². The zero-order chi connectivity index (χ0) is 11.5. The van der Waals surface area contributed by atoms with E-state index >= 15 is 0 Å². The third-order valence-electron chi connectivity index (χ3n) is 1.53. The number of hydrogen-bond donors (Lipinski definition) is 2. The summed E-state index contributed by atoms with van der Waals surface area (Å²) >= 11 is 0. The fourth-order valence-electron chi connectivity index (χ4n) is 0.982. The number of nitrogens with zero attached hydrogens (tertiary/aromatic N) is 1. The lowest BCUT2D eigenvalue weighted by atomic mass is 10.2. The highest BCUT2D eigenvalue weighted by molar-refractivity contribution is 7.50. The number of nitrogens with two attached hydrogens (primary N) is 1. The van der Waals surface area contributed by atoms with Crippen LogP contribution in [0.2, 0.25) is 0 Å². The Bertz CT molecular complexity index is 390. The molecule has 0 aromatic heterocycles. The Labute approximate surface area is 85.2 Å². The SMILES string of the molecule is NP(=O)(O)OC(c1ccccc1)[N+](=O)[O-]. The normalized spacial score (nSPS) is 16.7. The first kappa shape index (κ1) is 11.8. The van der Waals surface area contributed by atoms with Gasteiger partial charge in [-0.25, -0.2) is 14.6 Å². The predicted molar refractivity (Wildman–Crippen MR) is 51.3 cm³/mol. The Balaban J connectivity index is 2.95. The fourth-order valence-corrected chi connectivity index (χ4v) is 1.47. The summed E-state index contributed by atoms with van der Waals surface area (Å²) in [6.07, 6.45) is -1.73. The summed E-state index contributed by atoms with van der Waals surface area (Å²) in [5.74, 6) is 0. The lowest BCUT2D eigenvalue weighted by Crippen LogP contribution is -2.15. The molecule has 15 heavy (non-hydrogen) atoms. The van der Waals surface area contributed by atoms with E-state index in [9.17, 15) is 14.7 Å². The Hall–Kier alpha value is -1.27. The zero-order valence-corrected chi connectivity index (χ0v) is 8.41. The molecule has 8 heteroatoms. The van der Waals surface area contributed by atoms with Crippen molar-refractivity contribution in [3.63, 3.8) is 0 Å². The third kappa shape index (κ3) is 3.77. The van der Waals surface area contributed by atoms with Gasteiger partial charge in [-0.3, -0.25) is 10.1 Å². The molecule has 3 N–H and O–H groups in total. The van der Waals surface area contributed by atoms with Gasteiger partial charge in [-0.15, -0.1) is 0 Å². The van der Waals surface area contributed by atoms with E-state index in [1.807, 2.05) is 0 Å². The van der Waals surface area contributed by atoms with Crippen LogP contribution in [-0.4, -0.2) is 9.82 Å². The van der Waals surface area contributed by atoms with Crippen molar-refractivity contribution < 1.29 is 18.9 Å². The van der Waals surface area contributed by atoms with Crippen LogP contribution < -0.4 is 5.50 Å². The molecule has 82 valence electrons. The van der Waals surface area contributed by atoms with Crippen molar-refractivity contribution in [3.8, 4) is 0 Å². The molecule has 7 nitrogen and oxygen atoms in total. The summed E-state index contributed by atoms with van der Waals surface area (Å²) in [6.45, 7) is 0. The van der Waals surface area contributed by atoms with E-state index in [0.717, 1.165) is 0 Å². The summed E-state index contributed by atoms with van der Waals surface area (Å²) in [7, 11) is -4.38. The Morgan fingerprint density at radius 2 is 2.00 bits per heavy atom. The quantitative estimate of drug-likeness (QED) is 0.346. The van der Waals surface area contributed by atoms with Crippen molar-refractivity contribution >= 4 is 7.75 Å². The molecule has 1 aromatic rings. The molecule has 0 aliphatic rings. The molecule has 0 fully saturated rings. The van der Waals surface area contributed by atoms with Gasteiger partial charge in [0.05, 0.1) is 10.5 Å². The Kier molecular flexibility index (Phi) is 3.54. The second-order valence-electron chi connectivity index (χ2n) is 2.72. The van der Waals surface area contributed by atoms with Crippen LogP contribution in [0.5, 0.6) is 0 Å². The number of rotatable bonds is 4. The van der Waals surface area contributed by atoms with Gasteiger partial charge in [0, 0.05) is 0 Å². The highest BCUT2D eigenvalue weighted by Crippen LogP contribution is 2.38. The third-order valence-corrected chi connectivity index (χ3v) is 2.03. The minimum Gasteiger partial charge on any atom is -0.312 e. The maximum atomic E-state index is 10.7.